The monoisotopic (exact) mass is 154 g/mol. The lowest BCUT2D eigenvalue weighted by Gasteiger charge is -2.03. The van der Waals surface area contributed by atoms with Gasteiger partial charge in [-0.3, -0.25) is 4.68 Å². The molecule has 0 amide bonds. The summed E-state index contributed by atoms with van der Waals surface area (Å²) < 4.78 is 1.70. The van der Waals surface area contributed by atoms with E-state index in [0.717, 1.165) is 18.5 Å². The van der Waals surface area contributed by atoms with Crippen LogP contribution < -0.4 is 0 Å². The third kappa shape index (κ3) is 2.05. The second-order valence-electron chi connectivity index (χ2n) is 2.72. The number of rotatable bonds is 3. The first-order valence-electron chi connectivity index (χ1n) is 3.91. The van der Waals surface area contributed by atoms with Gasteiger partial charge in [-0.1, -0.05) is 13.3 Å². The lowest BCUT2D eigenvalue weighted by Crippen LogP contribution is -1.98. The van der Waals surface area contributed by atoms with Crippen molar-refractivity contribution in [2.24, 2.45) is 7.05 Å². The Labute approximate surface area is 66.7 Å². The number of aryl methyl sites for hydroxylation is 1. The van der Waals surface area contributed by atoms with E-state index in [9.17, 15) is 5.11 Å². The number of aliphatic hydroxyl groups is 1. The molecule has 1 aromatic heterocycles. The molecule has 1 atom stereocenters. The Morgan fingerprint density at radius 3 is 2.91 bits per heavy atom. The molecule has 0 bridgehead atoms. The fraction of sp³-hybridized carbons (Fsp3) is 0.625. The van der Waals surface area contributed by atoms with Gasteiger partial charge in [0.1, 0.15) is 0 Å². The van der Waals surface area contributed by atoms with Crippen LogP contribution in [0.2, 0.25) is 0 Å². The summed E-state index contributed by atoms with van der Waals surface area (Å²) in [5, 5.41) is 13.6. The first-order chi connectivity index (χ1) is 5.24. The molecule has 0 aliphatic rings. The summed E-state index contributed by atoms with van der Waals surface area (Å²) in [5.74, 6) is 0. The third-order valence-electron chi connectivity index (χ3n) is 1.64. The van der Waals surface area contributed by atoms with Crippen LogP contribution in [-0.2, 0) is 7.05 Å². The van der Waals surface area contributed by atoms with Crippen molar-refractivity contribution in [3.8, 4) is 0 Å². The zero-order valence-electron chi connectivity index (χ0n) is 6.99. The SMILES string of the molecule is CCC[C@@H](O)c1ccn(C)n1. The summed E-state index contributed by atoms with van der Waals surface area (Å²) in [7, 11) is 1.85. The predicted molar refractivity (Wildman–Crippen MR) is 43.1 cm³/mol. The van der Waals surface area contributed by atoms with Crippen LogP contribution in [0.4, 0.5) is 0 Å². The molecule has 0 radical (unpaired) electrons. The minimum Gasteiger partial charge on any atom is -0.387 e. The average Bonchev–Trinajstić information content (AvgIpc) is 2.36. The molecule has 1 rings (SSSR count). The highest BCUT2D eigenvalue weighted by Crippen LogP contribution is 2.14. The molecule has 62 valence electrons. The maximum Gasteiger partial charge on any atom is 0.0978 e. The summed E-state index contributed by atoms with van der Waals surface area (Å²) in [6.07, 6.45) is 3.23. The van der Waals surface area contributed by atoms with E-state index in [1.165, 1.54) is 0 Å². The normalized spacial score (nSPS) is 13.4. The van der Waals surface area contributed by atoms with Crippen LogP contribution in [0, 0.1) is 0 Å². The van der Waals surface area contributed by atoms with Crippen molar-refractivity contribution in [1.82, 2.24) is 9.78 Å². The fourth-order valence-electron chi connectivity index (χ4n) is 1.03. The molecule has 0 aliphatic carbocycles. The van der Waals surface area contributed by atoms with Crippen LogP contribution in [0.3, 0.4) is 0 Å². The van der Waals surface area contributed by atoms with Crippen LogP contribution in [0.5, 0.6) is 0 Å². The lowest BCUT2D eigenvalue weighted by atomic mass is 10.1. The fourth-order valence-corrected chi connectivity index (χ4v) is 1.03. The largest absolute Gasteiger partial charge is 0.387 e. The Hall–Kier alpha value is -0.830. The van der Waals surface area contributed by atoms with Gasteiger partial charge in [0.25, 0.3) is 0 Å². The molecule has 0 spiro atoms. The van der Waals surface area contributed by atoms with Gasteiger partial charge in [0, 0.05) is 13.2 Å². The van der Waals surface area contributed by atoms with Crippen molar-refractivity contribution in [2.45, 2.75) is 25.9 Å². The topological polar surface area (TPSA) is 38.0 Å². The number of aromatic nitrogens is 2. The zero-order valence-corrected chi connectivity index (χ0v) is 6.99. The molecule has 1 aromatic rings. The van der Waals surface area contributed by atoms with Crippen LogP contribution in [0.1, 0.15) is 31.6 Å². The Kier molecular flexibility index (Phi) is 2.65. The molecule has 0 aromatic carbocycles. The summed E-state index contributed by atoms with van der Waals surface area (Å²) in [6.45, 7) is 2.05. The summed E-state index contributed by atoms with van der Waals surface area (Å²) in [6, 6.07) is 1.85. The van der Waals surface area contributed by atoms with Crippen LogP contribution in [0.25, 0.3) is 0 Å². The van der Waals surface area contributed by atoms with E-state index in [2.05, 4.69) is 5.10 Å². The van der Waals surface area contributed by atoms with E-state index in [1.54, 1.807) is 4.68 Å². The minimum atomic E-state index is -0.388. The Morgan fingerprint density at radius 1 is 1.73 bits per heavy atom. The molecule has 0 saturated heterocycles. The van der Waals surface area contributed by atoms with Gasteiger partial charge in [-0.15, -0.1) is 0 Å². The summed E-state index contributed by atoms with van der Waals surface area (Å²) >= 11 is 0. The molecule has 0 aliphatic heterocycles. The highest BCUT2D eigenvalue weighted by molar-refractivity contribution is 5.02. The molecular formula is C8H14N2O. The molecule has 1 heterocycles. The molecule has 0 saturated carbocycles. The van der Waals surface area contributed by atoms with Gasteiger partial charge in [-0.05, 0) is 12.5 Å². The number of hydrogen-bond acceptors (Lipinski definition) is 2. The minimum absolute atomic E-state index is 0.388. The van der Waals surface area contributed by atoms with Gasteiger partial charge in [0.15, 0.2) is 0 Å². The van der Waals surface area contributed by atoms with Crippen LogP contribution >= 0.6 is 0 Å². The molecule has 3 heteroatoms. The number of hydrogen-bond donors (Lipinski definition) is 1. The molecule has 11 heavy (non-hydrogen) atoms. The highest BCUT2D eigenvalue weighted by Gasteiger charge is 2.07. The van der Waals surface area contributed by atoms with E-state index >= 15 is 0 Å². The van der Waals surface area contributed by atoms with Crippen molar-refractivity contribution in [1.29, 1.82) is 0 Å². The van der Waals surface area contributed by atoms with Crippen LogP contribution in [-0.4, -0.2) is 14.9 Å². The molecule has 0 fully saturated rings. The van der Waals surface area contributed by atoms with Gasteiger partial charge in [0.2, 0.25) is 0 Å². The molecule has 3 nitrogen and oxygen atoms in total. The second kappa shape index (κ2) is 3.53. The van der Waals surface area contributed by atoms with Crippen molar-refractivity contribution in [3.05, 3.63) is 18.0 Å². The van der Waals surface area contributed by atoms with Crippen molar-refractivity contribution < 1.29 is 5.11 Å². The van der Waals surface area contributed by atoms with Gasteiger partial charge >= 0.3 is 0 Å². The number of nitrogens with zero attached hydrogens (tertiary/aromatic N) is 2. The zero-order chi connectivity index (χ0) is 8.27. The van der Waals surface area contributed by atoms with Crippen molar-refractivity contribution in [2.75, 3.05) is 0 Å². The third-order valence-corrected chi connectivity index (χ3v) is 1.64. The van der Waals surface area contributed by atoms with Crippen LogP contribution in [0.15, 0.2) is 12.3 Å². The average molecular weight is 154 g/mol. The first kappa shape index (κ1) is 8.27. The Balaban J connectivity index is 2.60. The van der Waals surface area contributed by atoms with Gasteiger partial charge < -0.3 is 5.11 Å². The predicted octanol–water partition coefficient (Wildman–Crippen LogP) is 1.25. The van der Waals surface area contributed by atoms with E-state index in [0.29, 0.717) is 0 Å². The van der Waals surface area contributed by atoms with E-state index in [1.807, 2.05) is 26.2 Å². The van der Waals surface area contributed by atoms with Gasteiger partial charge in [-0.25, -0.2) is 0 Å². The lowest BCUT2D eigenvalue weighted by molar-refractivity contribution is 0.161. The summed E-state index contributed by atoms with van der Waals surface area (Å²) in [4.78, 5) is 0. The maximum absolute atomic E-state index is 9.46. The Morgan fingerprint density at radius 2 is 2.45 bits per heavy atom. The number of aliphatic hydroxyl groups excluding tert-OH is 1. The molecular weight excluding hydrogens is 140 g/mol. The van der Waals surface area contributed by atoms with Gasteiger partial charge in [-0.2, -0.15) is 5.10 Å². The summed E-state index contributed by atoms with van der Waals surface area (Å²) in [5.41, 5.74) is 0.773. The van der Waals surface area contributed by atoms with E-state index in [-0.39, 0.29) is 6.10 Å². The smallest absolute Gasteiger partial charge is 0.0978 e. The molecule has 1 N–H and O–H groups in total. The van der Waals surface area contributed by atoms with E-state index < -0.39 is 0 Å². The van der Waals surface area contributed by atoms with Gasteiger partial charge in [0.05, 0.1) is 11.8 Å². The van der Waals surface area contributed by atoms with Crippen molar-refractivity contribution in [3.63, 3.8) is 0 Å². The molecule has 0 unspecified atom stereocenters. The highest BCUT2D eigenvalue weighted by atomic mass is 16.3. The van der Waals surface area contributed by atoms with Crippen molar-refractivity contribution >= 4 is 0 Å². The second-order valence-corrected chi connectivity index (χ2v) is 2.72. The first-order valence-corrected chi connectivity index (χ1v) is 3.91. The Bertz CT molecular complexity index is 220. The quantitative estimate of drug-likeness (QED) is 0.711. The van der Waals surface area contributed by atoms with E-state index in [4.69, 9.17) is 0 Å². The maximum atomic E-state index is 9.46. The standard InChI is InChI=1S/C8H14N2O/c1-3-4-8(11)7-5-6-10(2)9-7/h5-6,8,11H,3-4H2,1-2H3/t8-/m1/s1.